The first-order valence-corrected chi connectivity index (χ1v) is 13.7. The zero-order chi connectivity index (χ0) is 30.1. The summed E-state index contributed by atoms with van der Waals surface area (Å²) >= 11 is 12.4. The number of ether oxygens (including phenoxy) is 1. The van der Waals surface area contributed by atoms with Gasteiger partial charge in [0.1, 0.15) is 18.1 Å². The maximum absolute atomic E-state index is 13.2. The maximum atomic E-state index is 13.2. The molecule has 2 unspecified atom stereocenters. The Morgan fingerprint density at radius 2 is 1.76 bits per heavy atom. The lowest BCUT2D eigenvalue weighted by Gasteiger charge is -2.40. The van der Waals surface area contributed by atoms with Gasteiger partial charge < -0.3 is 25.4 Å². The highest BCUT2D eigenvalue weighted by Gasteiger charge is 2.43. The average molecular weight is 617 g/mol. The van der Waals surface area contributed by atoms with Crippen LogP contribution in [-0.2, 0) is 16.0 Å². The number of fused-ring (bicyclic) bond motifs is 2. The quantitative estimate of drug-likeness (QED) is 0.371. The van der Waals surface area contributed by atoms with E-state index in [0.717, 1.165) is 12.8 Å². The Hall–Kier alpha value is -3.25. The molecule has 0 radical (unpaired) electrons. The molecule has 2 fully saturated rings. The van der Waals surface area contributed by atoms with Gasteiger partial charge in [0.2, 0.25) is 0 Å². The molecular weight excluding hydrogens is 588 g/mol. The Kier molecular flexibility index (Phi) is 8.93. The number of anilines is 1. The van der Waals surface area contributed by atoms with Crippen molar-refractivity contribution in [1.29, 1.82) is 0 Å². The molecule has 2 aliphatic rings. The zero-order valence-electron chi connectivity index (χ0n) is 22.2. The van der Waals surface area contributed by atoms with Gasteiger partial charge in [-0.3, -0.25) is 14.4 Å². The molecule has 222 valence electrons. The lowest BCUT2D eigenvalue weighted by atomic mass is 9.96. The molecule has 14 heteroatoms. The normalized spacial score (nSPS) is 20.5. The topological polar surface area (TPSA) is 121 Å². The minimum atomic E-state index is -4.50. The van der Waals surface area contributed by atoms with E-state index in [2.05, 4.69) is 15.2 Å². The highest BCUT2D eigenvalue weighted by Crippen LogP contribution is 2.39. The zero-order valence-corrected chi connectivity index (χ0v) is 23.7. The molecule has 3 N–H and O–H groups in total. The fraction of sp³-hybridized carbons (Fsp3) is 0.481. The van der Waals surface area contributed by atoms with Crippen LogP contribution in [0.15, 0.2) is 30.5 Å². The maximum Gasteiger partial charge on any atom is 0.405 e. The number of benzene rings is 1. The first kappa shape index (κ1) is 30.7. The highest BCUT2D eigenvalue weighted by molar-refractivity contribution is 6.36. The van der Waals surface area contributed by atoms with Crippen LogP contribution in [0.5, 0.6) is 5.75 Å². The van der Waals surface area contributed by atoms with Crippen molar-refractivity contribution in [2.75, 3.05) is 11.4 Å². The van der Waals surface area contributed by atoms with Gasteiger partial charge >= 0.3 is 12.1 Å². The van der Waals surface area contributed by atoms with E-state index < -0.39 is 30.2 Å². The van der Waals surface area contributed by atoms with Gasteiger partial charge in [-0.15, -0.1) is 0 Å². The molecule has 2 atom stereocenters. The monoisotopic (exact) mass is 616 g/mol. The van der Waals surface area contributed by atoms with Crippen LogP contribution in [0.25, 0.3) is 0 Å². The molecule has 0 aliphatic carbocycles. The summed E-state index contributed by atoms with van der Waals surface area (Å²) in [6.07, 6.45) is -0.548. The van der Waals surface area contributed by atoms with E-state index in [9.17, 15) is 27.6 Å². The van der Waals surface area contributed by atoms with Crippen LogP contribution in [0.2, 0.25) is 10.0 Å². The molecule has 2 bridgehead atoms. The Morgan fingerprint density at radius 1 is 1.10 bits per heavy atom. The first-order chi connectivity index (χ1) is 19.1. The molecule has 2 aromatic rings. The number of nitrogens with one attached hydrogen (secondary N) is 2. The number of piperidine rings is 1. The Morgan fingerprint density at radius 3 is 2.32 bits per heavy atom. The fourth-order valence-electron chi connectivity index (χ4n) is 5.25. The second-order valence-corrected chi connectivity index (χ2v) is 11.5. The van der Waals surface area contributed by atoms with Crippen LogP contribution in [0.1, 0.15) is 55.5 Å². The Balaban J connectivity index is 1.37. The SMILES string of the molecule is CC(C)(Oc1cc(CC(=O)O)c(Cl)cc1Cl)C(=O)NC1CC2CCC(C1)N2c1ccc(C(=O)NCC(F)(F)F)cn1. The Bertz CT molecular complexity index is 1310. The summed E-state index contributed by atoms with van der Waals surface area (Å²) in [7, 11) is 0. The summed E-state index contributed by atoms with van der Waals surface area (Å²) in [6, 6.07) is 5.88. The molecule has 0 spiro atoms. The number of alkyl halides is 3. The van der Waals surface area contributed by atoms with Gasteiger partial charge in [0.15, 0.2) is 5.60 Å². The summed E-state index contributed by atoms with van der Waals surface area (Å²) in [5.74, 6) is -1.53. The number of carbonyl (C=O) groups is 3. The summed E-state index contributed by atoms with van der Waals surface area (Å²) in [5, 5.41) is 14.3. The number of pyridine rings is 1. The molecule has 0 saturated carbocycles. The molecule has 2 aliphatic heterocycles. The third kappa shape index (κ3) is 7.53. The van der Waals surface area contributed by atoms with Crippen molar-refractivity contribution in [2.45, 2.75) is 75.9 Å². The molecule has 4 rings (SSSR count). The number of nitrogens with zero attached hydrogens (tertiary/aromatic N) is 2. The molecule has 1 aromatic carbocycles. The lowest BCUT2D eigenvalue weighted by molar-refractivity contribution is -0.136. The van der Waals surface area contributed by atoms with Crippen molar-refractivity contribution >= 4 is 46.8 Å². The van der Waals surface area contributed by atoms with Gasteiger partial charge in [-0.2, -0.15) is 13.2 Å². The number of aliphatic carboxylic acids is 1. The standard InChI is InChI=1S/C27H29Cl2F3N4O5/c1-26(2,41-21-7-15(8-23(37)38)19(28)11-20(21)29)25(40)35-16-9-17-4-5-18(10-16)36(17)22-6-3-14(12-33-22)24(39)34-13-27(30,31)32/h3,6-7,11-12,16-18H,4-5,8-10,13H2,1-2H3,(H,34,39)(H,35,40)(H,37,38). The molecule has 1 aromatic heterocycles. The molecule has 3 heterocycles. The number of amides is 2. The molecule has 41 heavy (non-hydrogen) atoms. The van der Waals surface area contributed by atoms with Gasteiger partial charge in [0, 0.05) is 29.3 Å². The van der Waals surface area contributed by atoms with Gasteiger partial charge in [-0.05, 0) is 69.4 Å². The average Bonchev–Trinajstić information content (AvgIpc) is 3.14. The highest BCUT2D eigenvalue weighted by atomic mass is 35.5. The fourth-order valence-corrected chi connectivity index (χ4v) is 5.74. The third-order valence-electron chi connectivity index (χ3n) is 7.15. The van der Waals surface area contributed by atoms with Crippen molar-refractivity contribution in [2.24, 2.45) is 0 Å². The predicted octanol–water partition coefficient (Wildman–Crippen LogP) is 4.78. The minimum Gasteiger partial charge on any atom is -0.481 e. The van der Waals surface area contributed by atoms with E-state index in [0.29, 0.717) is 24.2 Å². The van der Waals surface area contributed by atoms with Crippen molar-refractivity contribution in [3.63, 3.8) is 0 Å². The second-order valence-electron chi connectivity index (χ2n) is 10.7. The molecular formula is C27H29Cl2F3N4O5. The van der Waals surface area contributed by atoms with Crippen LogP contribution in [0.3, 0.4) is 0 Å². The summed E-state index contributed by atoms with van der Waals surface area (Å²) < 4.78 is 43.1. The van der Waals surface area contributed by atoms with E-state index >= 15 is 0 Å². The molecule has 2 saturated heterocycles. The predicted molar refractivity (Wildman–Crippen MR) is 146 cm³/mol. The largest absolute Gasteiger partial charge is 0.481 e. The Labute approximate surface area is 244 Å². The lowest BCUT2D eigenvalue weighted by Crippen LogP contribution is -2.55. The van der Waals surface area contributed by atoms with Crippen molar-refractivity contribution in [1.82, 2.24) is 15.6 Å². The second kappa shape index (κ2) is 11.9. The summed E-state index contributed by atoms with van der Waals surface area (Å²) in [5.41, 5.74) is -0.994. The van der Waals surface area contributed by atoms with Crippen molar-refractivity contribution in [3.05, 3.63) is 51.6 Å². The molecule has 2 amide bonds. The summed E-state index contributed by atoms with van der Waals surface area (Å²) in [4.78, 5) is 42.9. The third-order valence-corrected chi connectivity index (χ3v) is 7.79. The smallest absolute Gasteiger partial charge is 0.405 e. The molecule has 9 nitrogen and oxygen atoms in total. The van der Waals surface area contributed by atoms with E-state index in [4.69, 9.17) is 33.0 Å². The van der Waals surface area contributed by atoms with Crippen LogP contribution >= 0.6 is 23.2 Å². The van der Waals surface area contributed by atoms with Gasteiger partial charge in [-0.1, -0.05) is 23.2 Å². The van der Waals surface area contributed by atoms with Crippen molar-refractivity contribution in [3.8, 4) is 5.75 Å². The number of halogens is 5. The van der Waals surface area contributed by atoms with E-state index in [1.807, 2.05) is 5.32 Å². The summed E-state index contributed by atoms with van der Waals surface area (Å²) in [6.45, 7) is 1.76. The van der Waals surface area contributed by atoms with Crippen LogP contribution < -0.4 is 20.3 Å². The number of carbonyl (C=O) groups excluding carboxylic acids is 2. The van der Waals surface area contributed by atoms with E-state index in [1.54, 1.807) is 19.9 Å². The van der Waals surface area contributed by atoms with E-state index in [1.165, 1.54) is 24.4 Å². The first-order valence-electron chi connectivity index (χ1n) is 12.9. The number of hydrogen-bond acceptors (Lipinski definition) is 6. The number of carboxylic acid groups (broad SMARTS) is 1. The number of carboxylic acids is 1. The van der Waals surface area contributed by atoms with Gasteiger partial charge in [0.05, 0.1) is 17.0 Å². The number of aromatic nitrogens is 1. The van der Waals surface area contributed by atoms with E-state index in [-0.39, 0.29) is 51.8 Å². The van der Waals surface area contributed by atoms with Crippen LogP contribution in [-0.4, -0.2) is 64.3 Å². The van der Waals surface area contributed by atoms with Crippen LogP contribution in [0.4, 0.5) is 19.0 Å². The van der Waals surface area contributed by atoms with Gasteiger partial charge in [0.25, 0.3) is 11.8 Å². The number of rotatable bonds is 9. The van der Waals surface area contributed by atoms with Crippen molar-refractivity contribution < 1.29 is 37.4 Å². The number of hydrogen-bond donors (Lipinski definition) is 3. The van der Waals surface area contributed by atoms with Crippen LogP contribution in [0, 0.1) is 0 Å². The minimum absolute atomic E-state index is 0.0330. The van der Waals surface area contributed by atoms with Gasteiger partial charge in [-0.25, -0.2) is 4.98 Å².